The normalized spacial score (nSPS) is 19.0. The minimum absolute atomic E-state index is 0. The first-order chi connectivity index (χ1) is 9.88. The van der Waals surface area contributed by atoms with Gasteiger partial charge in [-0.05, 0) is 6.07 Å². The van der Waals surface area contributed by atoms with E-state index in [1.807, 2.05) is 18.2 Å². The fourth-order valence-electron chi connectivity index (χ4n) is 2.71. The van der Waals surface area contributed by atoms with Gasteiger partial charge in [0.05, 0.1) is 18.8 Å². The Morgan fingerprint density at radius 2 is 2.24 bits per heavy atom. The Labute approximate surface area is 130 Å². The molecular formula is C15H20ClN3O2. The van der Waals surface area contributed by atoms with Crippen LogP contribution in [0.5, 0.6) is 5.75 Å². The molecule has 6 heteroatoms. The van der Waals surface area contributed by atoms with E-state index in [4.69, 9.17) is 9.26 Å². The Kier molecular flexibility index (Phi) is 5.61. The third-order valence-electron chi connectivity index (χ3n) is 3.71. The number of para-hydroxylation sites is 1. The van der Waals surface area contributed by atoms with Gasteiger partial charge in [-0.3, -0.25) is 4.90 Å². The van der Waals surface area contributed by atoms with Crippen LogP contribution in [0.2, 0.25) is 0 Å². The molecule has 0 aliphatic carbocycles. The summed E-state index contributed by atoms with van der Waals surface area (Å²) in [5.41, 5.74) is 2.18. The van der Waals surface area contributed by atoms with Crippen molar-refractivity contribution in [3.05, 3.63) is 47.9 Å². The van der Waals surface area contributed by atoms with Crippen LogP contribution in [0.25, 0.3) is 0 Å². The second-order valence-electron chi connectivity index (χ2n) is 4.92. The zero-order chi connectivity index (χ0) is 13.8. The predicted octanol–water partition coefficient (Wildman–Crippen LogP) is 2.25. The second kappa shape index (κ2) is 7.45. The summed E-state index contributed by atoms with van der Waals surface area (Å²) < 4.78 is 10.4. The lowest BCUT2D eigenvalue weighted by Crippen LogP contribution is -2.45. The highest BCUT2D eigenvalue weighted by atomic mass is 35.5. The monoisotopic (exact) mass is 309 g/mol. The summed E-state index contributed by atoms with van der Waals surface area (Å²) in [6, 6.07) is 10.4. The van der Waals surface area contributed by atoms with Crippen LogP contribution in [0.4, 0.5) is 0 Å². The number of hydrogen-bond acceptors (Lipinski definition) is 5. The number of nitrogens with zero attached hydrogens (tertiary/aromatic N) is 2. The van der Waals surface area contributed by atoms with E-state index in [9.17, 15) is 0 Å². The van der Waals surface area contributed by atoms with E-state index in [0.29, 0.717) is 0 Å². The summed E-state index contributed by atoms with van der Waals surface area (Å²) in [6.45, 7) is 3.68. The summed E-state index contributed by atoms with van der Waals surface area (Å²) in [6.07, 6.45) is 1.62. The SMILES string of the molecule is COc1ccccc1C1CNCCN1Cc1ccon1.Cl. The number of halogens is 1. The van der Waals surface area contributed by atoms with Crippen molar-refractivity contribution < 1.29 is 9.26 Å². The van der Waals surface area contributed by atoms with Crippen molar-refractivity contribution >= 4 is 12.4 Å². The number of methoxy groups -OCH3 is 1. The molecule has 5 nitrogen and oxygen atoms in total. The fraction of sp³-hybridized carbons (Fsp3) is 0.400. The smallest absolute Gasteiger partial charge is 0.124 e. The van der Waals surface area contributed by atoms with Crippen LogP contribution in [-0.4, -0.2) is 36.8 Å². The van der Waals surface area contributed by atoms with Gasteiger partial charge in [0.15, 0.2) is 0 Å². The minimum Gasteiger partial charge on any atom is -0.496 e. The second-order valence-corrected chi connectivity index (χ2v) is 4.92. The molecule has 1 aromatic heterocycles. The molecule has 0 saturated carbocycles. The highest BCUT2D eigenvalue weighted by Crippen LogP contribution is 2.30. The lowest BCUT2D eigenvalue weighted by Gasteiger charge is -2.36. The maximum Gasteiger partial charge on any atom is 0.124 e. The van der Waals surface area contributed by atoms with E-state index in [-0.39, 0.29) is 18.4 Å². The van der Waals surface area contributed by atoms with Crippen LogP contribution < -0.4 is 10.1 Å². The molecule has 1 N–H and O–H groups in total. The predicted molar refractivity (Wildman–Crippen MR) is 82.8 cm³/mol. The molecule has 1 saturated heterocycles. The van der Waals surface area contributed by atoms with Crippen LogP contribution in [-0.2, 0) is 6.54 Å². The van der Waals surface area contributed by atoms with Gasteiger partial charge in [-0.25, -0.2) is 0 Å². The molecule has 114 valence electrons. The molecule has 1 atom stereocenters. The molecule has 21 heavy (non-hydrogen) atoms. The van der Waals surface area contributed by atoms with Crippen LogP contribution >= 0.6 is 12.4 Å². The Hall–Kier alpha value is -1.56. The van der Waals surface area contributed by atoms with E-state index < -0.39 is 0 Å². The van der Waals surface area contributed by atoms with Gasteiger partial charge in [-0.2, -0.15) is 0 Å². The lowest BCUT2D eigenvalue weighted by molar-refractivity contribution is 0.147. The quantitative estimate of drug-likeness (QED) is 0.939. The van der Waals surface area contributed by atoms with Gasteiger partial charge in [-0.15, -0.1) is 12.4 Å². The van der Waals surface area contributed by atoms with Crippen LogP contribution in [0, 0.1) is 0 Å². The fourth-order valence-corrected chi connectivity index (χ4v) is 2.71. The van der Waals surface area contributed by atoms with Gasteiger partial charge in [0, 0.05) is 37.8 Å². The van der Waals surface area contributed by atoms with Crippen molar-refractivity contribution in [1.82, 2.24) is 15.4 Å². The van der Waals surface area contributed by atoms with Crippen molar-refractivity contribution in [1.29, 1.82) is 0 Å². The topological polar surface area (TPSA) is 50.5 Å². The summed E-state index contributed by atoms with van der Waals surface area (Å²) in [4.78, 5) is 2.41. The highest BCUT2D eigenvalue weighted by molar-refractivity contribution is 5.85. The summed E-state index contributed by atoms with van der Waals surface area (Å²) >= 11 is 0. The number of benzene rings is 1. The maximum absolute atomic E-state index is 5.49. The van der Waals surface area contributed by atoms with Crippen LogP contribution in [0.1, 0.15) is 17.3 Å². The number of hydrogen-bond donors (Lipinski definition) is 1. The van der Waals surface area contributed by atoms with Gasteiger partial charge in [-0.1, -0.05) is 23.4 Å². The molecular weight excluding hydrogens is 290 g/mol. The lowest BCUT2D eigenvalue weighted by atomic mass is 10.0. The van der Waals surface area contributed by atoms with Gasteiger partial charge >= 0.3 is 0 Å². The number of rotatable bonds is 4. The van der Waals surface area contributed by atoms with Crippen molar-refractivity contribution in [3.8, 4) is 5.75 Å². The molecule has 0 radical (unpaired) electrons. The summed E-state index contributed by atoms with van der Waals surface area (Å²) in [5, 5.41) is 7.47. The summed E-state index contributed by atoms with van der Waals surface area (Å²) in [7, 11) is 1.72. The first kappa shape index (κ1) is 15.8. The third kappa shape index (κ3) is 3.56. The molecule has 1 aliphatic heterocycles. The van der Waals surface area contributed by atoms with Crippen molar-refractivity contribution in [2.75, 3.05) is 26.7 Å². The van der Waals surface area contributed by atoms with Gasteiger partial charge in [0.1, 0.15) is 12.0 Å². The van der Waals surface area contributed by atoms with Crippen LogP contribution in [0.3, 0.4) is 0 Å². The van der Waals surface area contributed by atoms with Gasteiger partial charge in [0.25, 0.3) is 0 Å². The Morgan fingerprint density at radius 3 is 3.00 bits per heavy atom. The Bertz CT molecular complexity index is 548. The number of ether oxygens (including phenoxy) is 1. The van der Waals surface area contributed by atoms with E-state index in [0.717, 1.165) is 37.6 Å². The first-order valence-corrected chi connectivity index (χ1v) is 6.85. The third-order valence-corrected chi connectivity index (χ3v) is 3.71. The average molecular weight is 310 g/mol. The summed E-state index contributed by atoms with van der Waals surface area (Å²) in [5.74, 6) is 0.936. The minimum atomic E-state index is 0. The Morgan fingerprint density at radius 1 is 1.38 bits per heavy atom. The van der Waals surface area contributed by atoms with Crippen molar-refractivity contribution in [3.63, 3.8) is 0 Å². The molecule has 0 amide bonds. The first-order valence-electron chi connectivity index (χ1n) is 6.85. The van der Waals surface area contributed by atoms with Gasteiger partial charge < -0.3 is 14.6 Å². The maximum atomic E-state index is 5.49. The van der Waals surface area contributed by atoms with Gasteiger partial charge in [0.2, 0.25) is 0 Å². The van der Waals surface area contributed by atoms with E-state index in [2.05, 4.69) is 27.5 Å². The van der Waals surface area contributed by atoms with E-state index in [1.54, 1.807) is 13.4 Å². The largest absolute Gasteiger partial charge is 0.496 e. The molecule has 1 aliphatic rings. The number of aromatic nitrogens is 1. The average Bonchev–Trinajstić information content (AvgIpc) is 3.01. The Balaban J connectivity index is 0.00000161. The molecule has 2 aromatic rings. The molecule has 1 fully saturated rings. The van der Waals surface area contributed by atoms with E-state index in [1.165, 1.54) is 5.56 Å². The molecule has 0 spiro atoms. The zero-order valence-electron chi connectivity index (χ0n) is 12.0. The molecule has 3 rings (SSSR count). The van der Waals surface area contributed by atoms with Crippen molar-refractivity contribution in [2.45, 2.75) is 12.6 Å². The highest BCUT2D eigenvalue weighted by Gasteiger charge is 2.26. The molecule has 1 unspecified atom stereocenters. The van der Waals surface area contributed by atoms with Crippen LogP contribution in [0.15, 0.2) is 41.1 Å². The molecule has 0 bridgehead atoms. The van der Waals surface area contributed by atoms with E-state index >= 15 is 0 Å². The molecule has 1 aromatic carbocycles. The zero-order valence-corrected chi connectivity index (χ0v) is 12.8. The number of piperazine rings is 1. The molecule has 2 heterocycles. The number of nitrogens with one attached hydrogen (secondary N) is 1. The van der Waals surface area contributed by atoms with Crippen molar-refractivity contribution in [2.24, 2.45) is 0 Å². The standard InChI is InChI=1S/C15H19N3O2.ClH/c1-19-15-5-3-2-4-13(15)14-10-16-7-8-18(14)11-12-6-9-20-17-12;/h2-6,9,14,16H,7-8,10-11H2,1H3;1H.